The Bertz CT molecular complexity index is 526. The number of aryl methyl sites for hydroxylation is 1. The van der Waals surface area contributed by atoms with Crippen molar-refractivity contribution in [2.45, 2.75) is 13.0 Å². The van der Waals surface area contributed by atoms with E-state index in [0.717, 1.165) is 11.4 Å². The molecule has 0 fully saturated rings. The highest BCUT2D eigenvalue weighted by atomic mass is 16.5. The minimum Gasteiger partial charge on any atom is -0.495 e. The molecule has 0 saturated carbocycles. The molecule has 0 heterocycles. The van der Waals surface area contributed by atoms with E-state index in [2.05, 4.69) is 30.4 Å². The zero-order valence-electron chi connectivity index (χ0n) is 11.4. The highest BCUT2D eigenvalue weighted by Crippen LogP contribution is 2.28. The molecule has 0 spiro atoms. The van der Waals surface area contributed by atoms with Crippen molar-refractivity contribution in [3.8, 4) is 5.75 Å². The third kappa shape index (κ3) is 3.26. The van der Waals surface area contributed by atoms with Gasteiger partial charge in [0.2, 0.25) is 0 Å². The summed E-state index contributed by atoms with van der Waals surface area (Å²) in [5, 5.41) is 3.46. The van der Waals surface area contributed by atoms with Gasteiger partial charge in [0.05, 0.1) is 18.8 Å². The molecule has 100 valence electrons. The van der Waals surface area contributed by atoms with Crippen LogP contribution in [0.15, 0.2) is 48.5 Å². The SMILES string of the molecule is COc1ccc(C)cc1NC(CN)c1ccccc1. The van der Waals surface area contributed by atoms with Crippen LogP contribution < -0.4 is 15.8 Å². The Morgan fingerprint density at radius 3 is 2.53 bits per heavy atom. The first-order valence-corrected chi connectivity index (χ1v) is 6.40. The van der Waals surface area contributed by atoms with Crippen LogP contribution in [-0.2, 0) is 0 Å². The molecule has 2 aromatic rings. The standard InChI is InChI=1S/C16H20N2O/c1-12-8-9-16(19-2)14(10-12)18-15(11-17)13-6-4-3-5-7-13/h3-10,15,18H,11,17H2,1-2H3. The monoisotopic (exact) mass is 256 g/mol. The number of anilines is 1. The fraction of sp³-hybridized carbons (Fsp3) is 0.250. The van der Waals surface area contributed by atoms with E-state index < -0.39 is 0 Å². The maximum atomic E-state index is 5.88. The van der Waals surface area contributed by atoms with Crippen LogP contribution in [0.4, 0.5) is 5.69 Å². The zero-order valence-corrected chi connectivity index (χ0v) is 11.4. The normalized spacial score (nSPS) is 11.9. The minimum absolute atomic E-state index is 0.0805. The van der Waals surface area contributed by atoms with Crippen LogP contribution >= 0.6 is 0 Å². The molecule has 0 bridgehead atoms. The van der Waals surface area contributed by atoms with Gasteiger partial charge in [-0.3, -0.25) is 0 Å². The fourth-order valence-corrected chi connectivity index (χ4v) is 2.09. The van der Waals surface area contributed by atoms with Crippen LogP contribution in [0.5, 0.6) is 5.75 Å². The maximum absolute atomic E-state index is 5.88. The number of nitrogens with two attached hydrogens (primary N) is 1. The van der Waals surface area contributed by atoms with E-state index in [1.54, 1.807) is 7.11 Å². The van der Waals surface area contributed by atoms with E-state index in [1.807, 2.05) is 30.3 Å². The average molecular weight is 256 g/mol. The molecular weight excluding hydrogens is 236 g/mol. The van der Waals surface area contributed by atoms with Gasteiger partial charge in [-0.25, -0.2) is 0 Å². The Kier molecular flexibility index (Phi) is 4.42. The minimum atomic E-state index is 0.0805. The van der Waals surface area contributed by atoms with Crippen molar-refractivity contribution in [1.82, 2.24) is 0 Å². The first-order valence-electron chi connectivity index (χ1n) is 6.40. The molecule has 3 heteroatoms. The van der Waals surface area contributed by atoms with Crippen LogP contribution in [0.2, 0.25) is 0 Å². The van der Waals surface area contributed by atoms with E-state index >= 15 is 0 Å². The molecule has 3 N–H and O–H groups in total. The number of hydrogen-bond donors (Lipinski definition) is 2. The van der Waals surface area contributed by atoms with Crippen LogP contribution in [-0.4, -0.2) is 13.7 Å². The van der Waals surface area contributed by atoms with Gasteiger partial charge in [0.15, 0.2) is 0 Å². The Hall–Kier alpha value is -2.00. The summed E-state index contributed by atoms with van der Waals surface area (Å²) in [6.07, 6.45) is 0. The van der Waals surface area contributed by atoms with Crippen molar-refractivity contribution in [2.24, 2.45) is 5.73 Å². The molecule has 19 heavy (non-hydrogen) atoms. The number of methoxy groups -OCH3 is 1. The van der Waals surface area contributed by atoms with Crippen molar-refractivity contribution < 1.29 is 4.74 Å². The van der Waals surface area contributed by atoms with Crippen LogP contribution in [0.25, 0.3) is 0 Å². The van der Waals surface area contributed by atoms with Gasteiger partial charge in [-0.2, -0.15) is 0 Å². The number of benzene rings is 2. The van der Waals surface area contributed by atoms with Gasteiger partial charge >= 0.3 is 0 Å². The predicted molar refractivity (Wildman–Crippen MR) is 79.6 cm³/mol. The Balaban J connectivity index is 2.26. The molecule has 2 rings (SSSR count). The molecule has 0 aromatic heterocycles. The topological polar surface area (TPSA) is 47.3 Å². The van der Waals surface area contributed by atoms with Crippen molar-refractivity contribution >= 4 is 5.69 Å². The second-order valence-corrected chi connectivity index (χ2v) is 4.55. The lowest BCUT2D eigenvalue weighted by Crippen LogP contribution is -2.20. The van der Waals surface area contributed by atoms with Gasteiger partial charge < -0.3 is 15.8 Å². The summed E-state index contributed by atoms with van der Waals surface area (Å²) < 4.78 is 5.38. The van der Waals surface area contributed by atoms with Gasteiger partial charge in [-0.1, -0.05) is 36.4 Å². The molecule has 0 aliphatic rings. The van der Waals surface area contributed by atoms with Crippen molar-refractivity contribution in [1.29, 1.82) is 0 Å². The molecule has 1 unspecified atom stereocenters. The summed E-state index contributed by atoms with van der Waals surface area (Å²) in [7, 11) is 1.68. The van der Waals surface area contributed by atoms with E-state index in [0.29, 0.717) is 6.54 Å². The number of nitrogens with one attached hydrogen (secondary N) is 1. The zero-order chi connectivity index (χ0) is 13.7. The van der Waals surface area contributed by atoms with Crippen LogP contribution in [0, 0.1) is 6.92 Å². The largest absolute Gasteiger partial charge is 0.495 e. The molecule has 0 aliphatic carbocycles. The summed E-state index contributed by atoms with van der Waals surface area (Å²) in [6.45, 7) is 2.59. The Morgan fingerprint density at radius 1 is 1.16 bits per heavy atom. The van der Waals surface area contributed by atoms with Crippen LogP contribution in [0.1, 0.15) is 17.2 Å². The molecule has 0 aliphatic heterocycles. The predicted octanol–water partition coefficient (Wildman–Crippen LogP) is 3.12. The quantitative estimate of drug-likeness (QED) is 0.864. The second kappa shape index (κ2) is 6.25. The summed E-state index contributed by atoms with van der Waals surface area (Å²) >= 11 is 0. The lowest BCUT2D eigenvalue weighted by molar-refractivity contribution is 0.416. The lowest BCUT2D eigenvalue weighted by atomic mass is 10.1. The maximum Gasteiger partial charge on any atom is 0.141 e. The third-order valence-electron chi connectivity index (χ3n) is 3.12. The molecular formula is C16H20N2O. The third-order valence-corrected chi connectivity index (χ3v) is 3.12. The average Bonchev–Trinajstić information content (AvgIpc) is 2.46. The van der Waals surface area contributed by atoms with E-state index in [1.165, 1.54) is 11.1 Å². The Morgan fingerprint density at radius 2 is 1.89 bits per heavy atom. The molecule has 0 amide bonds. The van der Waals surface area contributed by atoms with Gasteiger partial charge in [-0.05, 0) is 30.2 Å². The highest BCUT2D eigenvalue weighted by Gasteiger charge is 2.11. The van der Waals surface area contributed by atoms with Crippen LogP contribution in [0.3, 0.4) is 0 Å². The summed E-state index contributed by atoms with van der Waals surface area (Å²) in [4.78, 5) is 0. The number of hydrogen-bond acceptors (Lipinski definition) is 3. The Labute approximate surface area is 114 Å². The molecule has 3 nitrogen and oxygen atoms in total. The number of rotatable bonds is 5. The molecule has 1 atom stereocenters. The summed E-state index contributed by atoms with van der Waals surface area (Å²) in [5.41, 5.74) is 9.21. The molecule has 0 radical (unpaired) electrons. The van der Waals surface area contributed by atoms with Gasteiger partial charge in [0.1, 0.15) is 5.75 Å². The first-order chi connectivity index (χ1) is 9.24. The second-order valence-electron chi connectivity index (χ2n) is 4.55. The highest BCUT2D eigenvalue weighted by molar-refractivity contribution is 5.59. The number of ether oxygens (including phenoxy) is 1. The fourth-order valence-electron chi connectivity index (χ4n) is 2.09. The van der Waals surface area contributed by atoms with Gasteiger partial charge in [0.25, 0.3) is 0 Å². The van der Waals surface area contributed by atoms with Crippen molar-refractivity contribution in [2.75, 3.05) is 19.0 Å². The smallest absolute Gasteiger partial charge is 0.141 e. The van der Waals surface area contributed by atoms with Crippen molar-refractivity contribution in [3.63, 3.8) is 0 Å². The van der Waals surface area contributed by atoms with E-state index in [-0.39, 0.29) is 6.04 Å². The summed E-state index contributed by atoms with van der Waals surface area (Å²) in [6, 6.07) is 16.4. The van der Waals surface area contributed by atoms with Gasteiger partial charge in [-0.15, -0.1) is 0 Å². The van der Waals surface area contributed by atoms with E-state index in [4.69, 9.17) is 10.5 Å². The molecule has 0 saturated heterocycles. The van der Waals surface area contributed by atoms with Gasteiger partial charge in [0, 0.05) is 6.54 Å². The summed E-state index contributed by atoms with van der Waals surface area (Å²) in [5.74, 6) is 0.833. The first kappa shape index (κ1) is 13.4. The lowest BCUT2D eigenvalue weighted by Gasteiger charge is -2.20. The van der Waals surface area contributed by atoms with E-state index in [9.17, 15) is 0 Å². The van der Waals surface area contributed by atoms with Crippen molar-refractivity contribution in [3.05, 3.63) is 59.7 Å². The molecule has 2 aromatic carbocycles.